The number of rotatable bonds is 2. The summed E-state index contributed by atoms with van der Waals surface area (Å²) in [5, 5.41) is 11.3. The maximum atomic E-state index is 11.6. The Kier molecular flexibility index (Phi) is 3.12. The van der Waals surface area contributed by atoms with Crippen molar-refractivity contribution in [3.05, 3.63) is 81.6 Å². The Morgan fingerprint density at radius 2 is 1.75 bits per heavy atom. The van der Waals surface area contributed by atoms with E-state index >= 15 is 0 Å². The molecule has 0 radical (unpaired) electrons. The van der Waals surface area contributed by atoms with Crippen LogP contribution in [0.25, 0.3) is 10.9 Å². The van der Waals surface area contributed by atoms with Gasteiger partial charge in [0.25, 0.3) is 5.56 Å². The lowest BCUT2D eigenvalue weighted by atomic mass is 9.99. The standard InChI is InChI=1S/C17H15NO2/c1-11-9-14-10-13(7-8-15(14)18-17(11)20)16(19)12-5-3-2-4-6-12/h2-10,16,19H,1H3,(H,18,20). The molecule has 1 unspecified atom stereocenters. The Morgan fingerprint density at radius 1 is 1.00 bits per heavy atom. The summed E-state index contributed by atoms with van der Waals surface area (Å²) < 4.78 is 0. The molecule has 3 heteroatoms. The van der Waals surface area contributed by atoms with Gasteiger partial charge in [-0.3, -0.25) is 4.79 Å². The average molecular weight is 265 g/mol. The minimum Gasteiger partial charge on any atom is -0.384 e. The molecule has 2 N–H and O–H groups in total. The minimum absolute atomic E-state index is 0.0751. The molecule has 0 aliphatic carbocycles. The molecule has 0 aliphatic heterocycles. The number of aromatic amines is 1. The molecular formula is C17H15NO2. The third-order valence-electron chi connectivity index (χ3n) is 3.49. The van der Waals surface area contributed by atoms with Crippen molar-refractivity contribution in [1.82, 2.24) is 4.98 Å². The fraction of sp³-hybridized carbons (Fsp3) is 0.118. The second-order valence-corrected chi connectivity index (χ2v) is 4.94. The number of nitrogens with one attached hydrogen (secondary N) is 1. The van der Waals surface area contributed by atoms with Gasteiger partial charge in [0.05, 0.1) is 0 Å². The van der Waals surface area contributed by atoms with Gasteiger partial charge in [0.2, 0.25) is 0 Å². The summed E-state index contributed by atoms with van der Waals surface area (Å²) in [6.45, 7) is 1.78. The van der Waals surface area contributed by atoms with Gasteiger partial charge in [0.1, 0.15) is 6.10 Å². The first-order valence-corrected chi connectivity index (χ1v) is 6.52. The molecule has 0 spiro atoms. The van der Waals surface area contributed by atoms with E-state index in [-0.39, 0.29) is 5.56 Å². The maximum Gasteiger partial charge on any atom is 0.251 e. The second kappa shape index (κ2) is 4.94. The van der Waals surface area contributed by atoms with Gasteiger partial charge in [-0.25, -0.2) is 0 Å². The van der Waals surface area contributed by atoms with Crippen molar-refractivity contribution in [2.45, 2.75) is 13.0 Å². The van der Waals surface area contributed by atoms with Crippen LogP contribution in [0.5, 0.6) is 0 Å². The first-order chi connectivity index (χ1) is 9.65. The van der Waals surface area contributed by atoms with Gasteiger partial charge in [0, 0.05) is 11.1 Å². The van der Waals surface area contributed by atoms with Crippen LogP contribution in [0.2, 0.25) is 0 Å². The molecule has 1 aromatic heterocycles. The Hall–Kier alpha value is -2.39. The lowest BCUT2D eigenvalue weighted by molar-refractivity contribution is 0.220. The highest BCUT2D eigenvalue weighted by Crippen LogP contribution is 2.24. The maximum absolute atomic E-state index is 11.6. The number of H-pyrrole nitrogens is 1. The summed E-state index contributed by atoms with van der Waals surface area (Å²) in [5.74, 6) is 0. The molecule has 0 bridgehead atoms. The van der Waals surface area contributed by atoms with E-state index < -0.39 is 6.10 Å². The minimum atomic E-state index is -0.659. The molecule has 0 saturated heterocycles. The van der Waals surface area contributed by atoms with Gasteiger partial charge in [0.15, 0.2) is 0 Å². The van der Waals surface area contributed by atoms with Gasteiger partial charge >= 0.3 is 0 Å². The second-order valence-electron chi connectivity index (χ2n) is 4.94. The van der Waals surface area contributed by atoms with Crippen LogP contribution in [0, 0.1) is 6.92 Å². The molecule has 3 aromatic rings. The Labute approximate surface area is 116 Å². The topological polar surface area (TPSA) is 53.1 Å². The third-order valence-corrected chi connectivity index (χ3v) is 3.49. The molecule has 20 heavy (non-hydrogen) atoms. The van der Waals surface area contributed by atoms with Crippen molar-refractivity contribution in [3.8, 4) is 0 Å². The first-order valence-electron chi connectivity index (χ1n) is 6.52. The summed E-state index contributed by atoms with van der Waals surface area (Å²) in [6, 6.07) is 16.9. The lowest BCUT2D eigenvalue weighted by Gasteiger charge is -2.12. The number of benzene rings is 2. The Bertz CT molecular complexity index is 806. The van der Waals surface area contributed by atoms with Crippen molar-refractivity contribution >= 4 is 10.9 Å². The van der Waals surface area contributed by atoms with E-state index in [1.807, 2.05) is 54.6 Å². The van der Waals surface area contributed by atoms with Crippen LogP contribution >= 0.6 is 0 Å². The number of aryl methyl sites for hydroxylation is 1. The Balaban J connectivity index is 2.09. The quantitative estimate of drug-likeness (QED) is 0.748. The Morgan fingerprint density at radius 3 is 2.50 bits per heavy atom. The van der Waals surface area contributed by atoms with E-state index in [4.69, 9.17) is 0 Å². The van der Waals surface area contributed by atoms with Gasteiger partial charge in [-0.2, -0.15) is 0 Å². The van der Waals surface area contributed by atoms with Gasteiger partial charge in [-0.1, -0.05) is 36.4 Å². The van der Waals surface area contributed by atoms with Crippen LogP contribution in [0.3, 0.4) is 0 Å². The SMILES string of the molecule is Cc1cc2cc(C(O)c3ccccc3)ccc2[nH]c1=O. The number of aliphatic hydroxyl groups is 1. The summed E-state index contributed by atoms with van der Waals surface area (Å²) >= 11 is 0. The number of hydrogen-bond acceptors (Lipinski definition) is 2. The number of hydrogen-bond donors (Lipinski definition) is 2. The van der Waals surface area contributed by atoms with Gasteiger partial charge in [-0.15, -0.1) is 0 Å². The smallest absolute Gasteiger partial charge is 0.251 e. The molecule has 0 fully saturated rings. The molecule has 1 heterocycles. The highest BCUT2D eigenvalue weighted by Gasteiger charge is 2.10. The zero-order valence-corrected chi connectivity index (χ0v) is 11.1. The van der Waals surface area contributed by atoms with Crippen LogP contribution in [-0.2, 0) is 0 Å². The van der Waals surface area contributed by atoms with E-state index in [0.29, 0.717) is 5.56 Å². The van der Waals surface area contributed by atoms with Crippen molar-refractivity contribution in [2.75, 3.05) is 0 Å². The molecule has 3 rings (SSSR count). The molecule has 1 atom stereocenters. The van der Waals surface area contributed by atoms with Crippen LogP contribution in [0.15, 0.2) is 59.4 Å². The van der Waals surface area contributed by atoms with Gasteiger partial charge < -0.3 is 10.1 Å². The molecular weight excluding hydrogens is 250 g/mol. The summed E-state index contributed by atoms with van der Waals surface area (Å²) in [5.41, 5.74) is 3.05. The van der Waals surface area contributed by atoms with Crippen molar-refractivity contribution < 1.29 is 5.11 Å². The lowest BCUT2D eigenvalue weighted by Crippen LogP contribution is -2.08. The molecule has 3 nitrogen and oxygen atoms in total. The van der Waals surface area contributed by atoms with Crippen LogP contribution in [0.1, 0.15) is 22.8 Å². The predicted molar refractivity (Wildman–Crippen MR) is 79.8 cm³/mol. The van der Waals surface area contributed by atoms with Crippen molar-refractivity contribution in [2.24, 2.45) is 0 Å². The van der Waals surface area contributed by atoms with Crippen LogP contribution in [-0.4, -0.2) is 10.1 Å². The molecule has 0 saturated carbocycles. The zero-order valence-electron chi connectivity index (χ0n) is 11.1. The highest BCUT2D eigenvalue weighted by molar-refractivity contribution is 5.79. The largest absolute Gasteiger partial charge is 0.384 e. The molecule has 2 aromatic carbocycles. The fourth-order valence-corrected chi connectivity index (χ4v) is 2.33. The van der Waals surface area contributed by atoms with E-state index in [2.05, 4.69) is 4.98 Å². The van der Waals surface area contributed by atoms with Gasteiger partial charge in [-0.05, 0) is 41.6 Å². The van der Waals surface area contributed by atoms with E-state index in [1.54, 1.807) is 6.92 Å². The molecule has 0 amide bonds. The van der Waals surface area contributed by atoms with Crippen LogP contribution in [0.4, 0.5) is 0 Å². The summed E-state index contributed by atoms with van der Waals surface area (Å²) in [7, 11) is 0. The number of pyridine rings is 1. The highest BCUT2D eigenvalue weighted by atomic mass is 16.3. The van der Waals surface area contributed by atoms with E-state index in [1.165, 1.54) is 0 Å². The molecule has 100 valence electrons. The van der Waals surface area contributed by atoms with E-state index in [0.717, 1.165) is 22.0 Å². The first kappa shape index (κ1) is 12.6. The average Bonchev–Trinajstić information content (AvgIpc) is 2.48. The zero-order chi connectivity index (χ0) is 14.1. The normalized spacial score (nSPS) is 12.5. The number of aromatic nitrogens is 1. The molecule has 0 aliphatic rings. The summed E-state index contributed by atoms with van der Waals surface area (Å²) in [6.07, 6.45) is -0.659. The van der Waals surface area contributed by atoms with Crippen molar-refractivity contribution in [1.29, 1.82) is 0 Å². The third kappa shape index (κ3) is 2.24. The predicted octanol–water partition coefficient (Wildman–Crippen LogP) is 2.92. The van der Waals surface area contributed by atoms with Crippen LogP contribution < -0.4 is 5.56 Å². The monoisotopic (exact) mass is 265 g/mol. The summed E-state index contributed by atoms with van der Waals surface area (Å²) in [4.78, 5) is 14.4. The van der Waals surface area contributed by atoms with E-state index in [9.17, 15) is 9.90 Å². The number of fused-ring (bicyclic) bond motifs is 1. The fourth-order valence-electron chi connectivity index (χ4n) is 2.33. The number of aliphatic hydroxyl groups excluding tert-OH is 1. The van der Waals surface area contributed by atoms with Crippen molar-refractivity contribution in [3.63, 3.8) is 0 Å².